The third-order valence-electron chi connectivity index (χ3n) is 4.58. The van der Waals surface area contributed by atoms with Crippen LogP contribution in [-0.4, -0.2) is 42.8 Å². The molecular weight excluding hydrogens is 382 g/mol. The summed E-state index contributed by atoms with van der Waals surface area (Å²) in [6.45, 7) is 0.437. The second-order valence-electron chi connectivity index (χ2n) is 6.18. The molecule has 1 aliphatic rings. The van der Waals surface area contributed by atoms with Crippen LogP contribution < -0.4 is 5.32 Å². The molecular formula is C19H18ClN5OS. The standard InChI is InChI=1S/C19H18ClN5OS/c20-13-6-7-16(22-12-13)24-9-3-5-15(24)18-17(14-4-1-2-8-21-14)23-19(27)25(18)10-11-26/h1-9,12,17-18,26H,10-11H2,(H,23,27). The minimum atomic E-state index is -0.133. The van der Waals surface area contributed by atoms with Crippen LogP contribution in [0.5, 0.6) is 0 Å². The number of aromatic nitrogens is 3. The number of β-amino-alcohol motifs (C(OH)–C–C–N with tert-alkyl or cyclic N) is 1. The smallest absolute Gasteiger partial charge is 0.170 e. The van der Waals surface area contributed by atoms with Crippen molar-refractivity contribution < 1.29 is 5.11 Å². The number of pyridine rings is 2. The molecule has 0 radical (unpaired) electrons. The Bertz CT molecular complexity index is 931. The minimum absolute atomic E-state index is 0.00710. The molecule has 0 amide bonds. The molecule has 0 saturated carbocycles. The molecule has 8 heteroatoms. The lowest BCUT2D eigenvalue weighted by molar-refractivity contribution is 0.220. The fourth-order valence-corrected chi connectivity index (χ4v) is 3.87. The summed E-state index contributed by atoms with van der Waals surface area (Å²) in [6.07, 6.45) is 5.35. The summed E-state index contributed by atoms with van der Waals surface area (Å²) in [5.74, 6) is 0.765. The van der Waals surface area contributed by atoms with Gasteiger partial charge in [-0.2, -0.15) is 0 Å². The molecule has 1 aliphatic heterocycles. The van der Waals surface area contributed by atoms with E-state index in [4.69, 9.17) is 23.8 Å². The summed E-state index contributed by atoms with van der Waals surface area (Å²) in [4.78, 5) is 10.9. The van der Waals surface area contributed by atoms with E-state index in [1.54, 1.807) is 12.4 Å². The summed E-state index contributed by atoms with van der Waals surface area (Å²) in [5.41, 5.74) is 1.89. The van der Waals surface area contributed by atoms with Gasteiger partial charge in [0.15, 0.2) is 5.11 Å². The van der Waals surface area contributed by atoms with Gasteiger partial charge in [0, 0.05) is 30.8 Å². The van der Waals surface area contributed by atoms with Crippen molar-refractivity contribution in [1.29, 1.82) is 0 Å². The first kappa shape index (κ1) is 17.9. The Balaban J connectivity index is 1.80. The van der Waals surface area contributed by atoms with Crippen molar-refractivity contribution in [1.82, 2.24) is 24.8 Å². The lowest BCUT2D eigenvalue weighted by atomic mass is 10.0. The minimum Gasteiger partial charge on any atom is -0.395 e. The van der Waals surface area contributed by atoms with E-state index in [0.29, 0.717) is 16.7 Å². The molecule has 4 heterocycles. The van der Waals surface area contributed by atoms with E-state index in [1.165, 1.54) is 0 Å². The number of nitrogens with one attached hydrogen (secondary N) is 1. The number of halogens is 1. The Morgan fingerprint density at radius 2 is 2.04 bits per heavy atom. The highest BCUT2D eigenvalue weighted by molar-refractivity contribution is 7.80. The summed E-state index contributed by atoms with van der Waals surface area (Å²) < 4.78 is 2.01. The van der Waals surface area contributed by atoms with E-state index in [2.05, 4.69) is 15.3 Å². The molecule has 2 atom stereocenters. The van der Waals surface area contributed by atoms with Gasteiger partial charge in [-0.1, -0.05) is 17.7 Å². The average Bonchev–Trinajstić information content (AvgIpc) is 3.28. The highest BCUT2D eigenvalue weighted by Crippen LogP contribution is 2.39. The summed E-state index contributed by atoms with van der Waals surface area (Å²) in [6, 6.07) is 13.3. The van der Waals surface area contributed by atoms with Crippen LogP contribution in [-0.2, 0) is 0 Å². The second kappa shape index (κ2) is 7.64. The number of aliphatic hydroxyl groups is 1. The topological polar surface area (TPSA) is 66.2 Å². The van der Waals surface area contributed by atoms with Crippen molar-refractivity contribution in [2.45, 2.75) is 12.1 Å². The zero-order valence-electron chi connectivity index (χ0n) is 14.4. The fraction of sp³-hybridized carbons (Fsp3) is 0.211. The molecule has 0 aromatic carbocycles. The molecule has 3 aromatic heterocycles. The van der Waals surface area contributed by atoms with Crippen molar-refractivity contribution in [2.75, 3.05) is 13.2 Å². The third kappa shape index (κ3) is 3.41. The zero-order valence-corrected chi connectivity index (χ0v) is 15.9. The molecule has 2 unspecified atom stereocenters. The molecule has 0 bridgehead atoms. The van der Waals surface area contributed by atoms with Crippen LogP contribution in [0.2, 0.25) is 5.02 Å². The van der Waals surface area contributed by atoms with Gasteiger partial charge in [-0.05, 0) is 48.6 Å². The molecule has 2 N–H and O–H groups in total. The largest absolute Gasteiger partial charge is 0.395 e. The van der Waals surface area contributed by atoms with Crippen molar-refractivity contribution in [3.8, 4) is 5.82 Å². The third-order valence-corrected chi connectivity index (χ3v) is 5.16. The van der Waals surface area contributed by atoms with Gasteiger partial charge in [0.1, 0.15) is 5.82 Å². The predicted molar refractivity (Wildman–Crippen MR) is 108 cm³/mol. The van der Waals surface area contributed by atoms with E-state index in [1.807, 2.05) is 58.1 Å². The van der Waals surface area contributed by atoms with E-state index in [9.17, 15) is 5.11 Å². The Hall–Kier alpha value is -2.48. The molecule has 1 fully saturated rings. The van der Waals surface area contributed by atoms with Gasteiger partial charge in [0.05, 0.1) is 29.4 Å². The van der Waals surface area contributed by atoms with Gasteiger partial charge in [0.25, 0.3) is 0 Å². The number of nitrogens with zero attached hydrogens (tertiary/aromatic N) is 4. The van der Waals surface area contributed by atoms with Crippen LogP contribution >= 0.6 is 23.8 Å². The van der Waals surface area contributed by atoms with Crippen LogP contribution in [0.3, 0.4) is 0 Å². The first-order chi connectivity index (χ1) is 13.2. The molecule has 0 spiro atoms. The van der Waals surface area contributed by atoms with Crippen molar-refractivity contribution >= 4 is 28.9 Å². The first-order valence-corrected chi connectivity index (χ1v) is 9.36. The van der Waals surface area contributed by atoms with Gasteiger partial charge in [0.2, 0.25) is 0 Å². The monoisotopic (exact) mass is 399 g/mol. The molecule has 1 saturated heterocycles. The van der Waals surface area contributed by atoms with E-state index < -0.39 is 0 Å². The van der Waals surface area contributed by atoms with Crippen molar-refractivity contribution in [2.24, 2.45) is 0 Å². The Morgan fingerprint density at radius 1 is 1.15 bits per heavy atom. The lowest BCUT2D eigenvalue weighted by Gasteiger charge is -2.28. The maximum Gasteiger partial charge on any atom is 0.170 e. The SMILES string of the molecule is OCCN1C(=S)NC(c2ccccn2)C1c1cccn1-c1ccc(Cl)cn1. The molecule has 6 nitrogen and oxygen atoms in total. The lowest BCUT2D eigenvalue weighted by Crippen LogP contribution is -2.33. The fourth-order valence-electron chi connectivity index (χ4n) is 3.43. The molecule has 3 aromatic rings. The highest BCUT2D eigenvalue weighted by atomic mass is 35.5. The maximum atomic E-state index is 9.55. The van der Waals surface area contributed by atoms with E-state index >= 15 is 0 Å². The van der Waals surface area contributed by atoms with Gasteiger partial charge in [-0.15, -0.1) is 0 Å². The van der Waals surface area contributed by atoms with Crippen LogP contribution in [0.1, 0.15) is 23.5 Å². The number of rotatable bonds is 5. The second-order valence-corrected chi connectivity index (χ2v) is 7.00. The van der Waals surface area contributed by atoms with Gasteiger partial charge in [-0.25, -0.2) is 4.98 Å². The number of aliphatic hydroxyl groups excluding tert-OH is 1. The summed E-state index contributed by atoms with van der Waals surface area (Å²) >= 11 is 11.5. The Morgan fingerprint density at radius 3 is 2.74 bits per heavy atom. The molecule has 27 heavy (non-hydrogen) atoms. The van der Waals surface area contributed by atoms with Crippen LogP contribution in [0.25, 0.3) is 5.82 Å². The van der Waals surface area contributed by atoms with Crippen molar-refractivity contribution in [3.05, 3.63) is 77.5 Å². The Kier molecular flexibility index (Phi) is 5.07. The predicted octanol–water partition coefficient (Wildman–Crippen LogP) is 2.89. The molecule has 138 valence electrons. The first-order valence-electron chi connectivity index (χ1n) is 8.57. The maximum absolute atomic E-state index is 9.55. The average molecular weight is 400 g/mol. The number of hydrogen-bond acceptors (Lipinski definition) is 4. The van der Waals surface area contributed by atoms with Crippen LogP contribution in [0, 0.1) is 0 Å². The van der Waals surface area contributed by atoms with E-state index in [0.717, 1.165) is 17.2 Å². The van der Waals surface area contributed by atoms with E-state index in [-0.39, 0.29) is 18.7 Å². The zero-order chi connectivity index (χ0) is 18.8. The molecule has 0 aliphatic carbocycles. The van der Waals surface area contributed by atoms with Gasteiger partial charge in [-0.3, -0.25) is 4.98 Å². The highest BCUT2D eigenvalue weighted by Gasteiger charge is 2.40. The normalized spacial score (nSPS) is 19.3. The van der Waals surface area contributed by atoms with Crippen molar-refractivity contribution in [3.63, 3.8) is 0 Å². The molecule has 4 rings (SSSR count). The van der Waals surface area contributed by atoms with Gasteiger partial charge < -0.3 is 19.9 Å². The van der Waals surface area contributed by atoms with Gasteiger partial charge >= 0.3 is 0 Å². The quantitative estimate of drug-likeness (QED) is 0.643. The summed E-state index contributed by atoms with van der Waals surface area (Å²) in [5, 5.41) is 14.1. The summed E-state index contributed by atoms with van der Waals surface area (Å²) in [7, 11) is 0. The number of thiocarbonyl (C=S) groups is 1. The number of hydrogen-bond donors (Lipinski definition) is 2. The van der Waals surface area contributed by atoms with Crippen LogP contribution in [0.15, 0.2) is 61.1 Å². The Labute approximate surface area is 167 Å². The van der Waals surface area contributed by atoms with Crippen LogP contribution in [0.4, 0.5) is 0 Å².